The second-order valence-corrected chi connectivity index (χ2v) is 6.90. The SMILES string of the molecule is CN(C)S(=O)(=O)c1ccc(COC(=O)c2ccc(F)cc2N)o1. The molecule has 0 fully saturated rings. The number of nitrogens with two attached hydrogens (primary N) is 1. The van der Waals surface area contributed by atoms with Crippen LogP contribution in [0.15, 0.2) is 39.8 Å². The van der Waals surface area contributed by atoms with E-state index < -0.39 is 21.8 Å². The molecule has 0 amide bonds. The standard InChI is InChI=1S/C14H15FN2O5S/c1-17(2)23(19,20)13-6-4-10(22-13)8-21-14(18)11-5-3-9(15)7-12(11)16/h3-7H,8,16H2,1-2H3. The summed E-state index contributed by atoms with van der Waals surface area (Å²) in [5.41, 5.74) is 5.50. The predicted octanol–water partition coefficient (Wildman–Crippen LogP) is 1.61. The van der Waals surface area contributed by atoms with Gasteiger partial charge in [-0.05, 0) is 30.3 Å². The number of furan rings is 1. The smallest absolute Gasteiger partial charge is 0.340 e. The Labute approximate surface area is 132 Å². The third kappa shape index (κ3) is 3.69. The van der Waals surface area contributed by atoms with E-state index in [1.165, 1.54) is 32.3 Å². The number of carbonyl (C=O) groups is 1. The van der Waals surface area contributed by atoms with Crippen LogP contribution in [0.4, 0.5) is 10.1 Å². The van der Waals surface area contributed by atoms with Gasteiger partial charge in [0, 0.05) is 19.8 Å². The molecule has 0 saturated carbocycles. The van der Waals surface area contributed by atoms with Gasteiger partial charge in [-0.2, -0.15) is 0 Å². The molecular weight excluding hydrogens is 327 g/mol. The van der Waals surface area contributed by atoms with Crippen molar-refractivity contribution < 1.29 is 26.8 Å². The Kier molecular flexibility index (Phi) is 4.71. The molecule has 7 nitrogen and oxygen atoms in total. The van der Waals surface area contributed by atoms with Crippen LogP contribution in [0, 0.1) is 5.82 Å². The van der Waals surface area contributed by atoms with Gasteiger partial charge < -0.3 is 14.9 Å². The van der Waals surface area contributed by atoms with Crippen LogP contribution in [0.3, 0.4) is 0 Å². The minimum absolute atomic E-state index is 0.0130. The molecule has 0 aliphatic carbocycles. The van der Waals surface area contributed by atoms with Crippen molar-refractivity contribution in [3.8, 4) is 0 Å². The summed E-state index contributed by atoms with van der Waals surface area (Å²) >= 11 is 0. The first-order chi connectivity index (χ1) is 10.7. The number of halogens is 1. The number of hydrogen-bond acceptors (Lipinski definition) is 6. The third-order valence-electron chi connectivity index (χ3n) is 2.95. The van der Waals surface area contributed by atoms with Gasteiger partial charge in [-0.3, -0.25) is 0 Å². The summed E-state index contributed by atoms with van der Waals surface area (Å²) in [4.78, 5) is 11.9. The average Bonchev–Trinajstić information content (AvgIpc) is 2.94. The lowest BCUT2D eigenvalue weighted by atomic mass is 10.2. The highest BCUT2D eigenvalue weighted by molar-refractivity contribution is 7.88. The van der Waals surface area contributed by atoms with Crippen molar-refractivity contribution in [3.63, 3.8) is 0 Å². The molecule has 2 rings (SSSR count). The Morgan fingerprint density at radius 2 is 2.00 bits per heavy atom. The lowest BCUT2D eigenvalue weighted by Gasteiger charge is -2.08. The van der Waals surface area contributed by atoms with Crippen molar-refractivity contribution in [2.75, 3.05) is 19.8 Å². The van der Waals surface area contributed by atoms with Gasteiger partial charge in [0.15, 0.2) is 0 Å². The summed E-state index contributed by atoms with van der Waals surface area (Å²) in [6.45, 7) is -0.279. The van der Waals surface area contributed by atoms with E-state index in [9.17, 15) is 17.6 Å². The molecule has 0 aliphatic rings. The highest BCUT2D eigenvalue weighted by Crippen LogP contribution is 2.19. The van der Waals surface area contributed by atoms with Crippen LogP contribution in [-0.4, -0.2) is 32.8 Å². The van der Waals surface area contributed by atoms with Gasteiger partial charge in [-0.15, -0.1) is 0 Å². The highest BCUT2D eigenvalue weighted by atomic mass is 32.2. The fraction of sp³-hybridized carbons (Fsp3) is 0.214. The maximum atomic E-state index is 12.9. The Hall–Kier alpha value is -2.39. The Morgan fingerprint density at radius 3 is 2.61 bits per heavy atom. The van der Waals surface area contributed by atoms with Crippen LogP contribution in [0.2, 0.25) is 0 Å². The molecule has 0 unspecified atom stereocenters. The number of benzene rings is 1. The maximum Gasteiger partial charge on any atom is 0.340 e. The number of carbonyl (C=O) groups excluding carboxylic acids is 1. The van der Waals surface area contributed by atoms with E-state index in [0.717, 1.165) is 16.4 Å². The van der Waals surface area contributed by atoms with Gasteiger partial charge in [0.05, 0.1) is 5.56 Å². The quantitative estimate of drug-likeness (QED) is 0.654. The molecule has 0 radical (unpaired) electrons. The maximum absolute atomic E-state index is 12.9. The number of esters is 1. The van der Waals surface area contributed by atoms with Crippen LogP contribution >= 0.6 is 0 Å². The zero-order valence-corrected chi connectivity index (χ0v) is 13.3. The summed E-state index contributed by atoms with van der Waals surface area (Å²) in [6.07, 6.45) is 0. The molecule has 23 heavy (non-hydrogen) atoms. The highest BCUT2D eigenvalue weighted by Gasteiger charge is 2.22. The van der Waals surface area contributed by atoms with E-state index in [2.05, 4.69) is 0 Å². The fourth-order valence-corrected chi connectivity index (χ4v) is 2.50. The number of anilines is 1. The van der Waals surface area contributed by atoms with Crippen LogP contribution in [0.1, 0.15) is 16.1 Å². The minimum atomic E-state index is -3.69. The molecular formula is C14H15FN2O5S. The molecule has 124 valence electrons. The second kappa shape index (κ2) is 6.39. The van der Waals surface area contributed by atoms with Crippen LogP contribution < -0.4 is 5.73 Å². The molecule has 0 atom stereocenters. The topological polar surface area (TPSA) is 103 Å². The van der Waals surface area contributed by atoms with E-state index in [-0.39, 0.29) is 28.7 Å². The van der Waals surface area contributed by atoms with E-state index in [0.29, 0.717) is 0 Å². The van der Waals surface area contributed by atoms with E-state index in [1.807, 2.05) is 0 Å². The summed E-state index contributed by atoms with van der Waals surface area (Å²) in [5.74, 6) is -1.18. The Morgan fingerprint density at radius 1 is 1.30 bits per heavy atom. The van der Waals surface area contributed by atoms with Gasteiger partial charge in [-0.1, -0.05) is 0 Å². The molecule has 0 saturated heterocycles. The molecule has 0 aliphatic heterocycles. The number of rotatable bonds is 5. The van der Waals surface area contributed by atoms with Gasteiger partial charge in [0.25, 0.3) is 10.0 Å². The van der Waals surface area contributed by atoms with Crippen molar-refractivity contribution in [1.29, 1.82) is 0 Å². The van der Waals surface area contributed by atoms with Crippen LogP contribution in [0.25, 0.3) is 0 Å². The molecule has 1 heterocycles. The summed E-state index contributed by atoms with van der Waals surface area (Å²) in [5, 5.41) is -0.255. The molecule has 2 aromatic rings. The molecule has 2 N–H and O–H groups in total. The predicted molar refractivity (Wildman–Crippen MR) is 79.5 cm³/mol. The van der Waals surface area contributed by atoms with E-state index >= 15 is 0 Å². The normalized spacial score (nSPS) is 11.7. The number of nitrogen functional groups attached to an aromatic ring is 1. The van der Waals surface area contributed by atoms with Crippen molar-refractivity contribution in [3.05, 3.63) is 47.5 Å². The third-order valence-corrected chi connectivity index (χ3v) is 4.64. The Bertz CT molecular complexity index is 829. The van der Waals surface area contributed by atoms with Gasteiger partial charge in [0.2, 0.25) is 5.09 Å². The molecule has 1 aromatic heterocycles. The first kappa shape index (κ1) is 17.0. The second-order valence-electron chi connectivity index (χ2n) is 4.82. The van der Waals surface area contributed by atoms with E-state index in [1.54, 1.807) is 0 Å². The Balaban J connectivity index is 2.07. The number of ether oxygens (including phenoxy) is 1. The molecule has 9 heteroatoms. The number of hydrogen-bond donors (Lipinski definition) is 1. The van der Waals surface area contributed by atoms with Crippen molar-refractivity contribution in [2.24, 2.45) is 0 Å². The lowest BCUT2D eigenvalue weighted by molar-refractivity contribution is 0.0442. The largest absolute Gasteiger partial charge is 0.454 e. The number of sulfonamides is 1. The van der Waals surface area contributed by atoms with E-state index in [4.69, 9.17) is 14.9 Å². The zero-order valence-electron chi connectivity index (χ0n) is 12.4. The lowest BCUT2D eigenvalue weighted by Crippen LogP contribution is -2.21. The van der Waals surface area contributed by atoms with Crippen molar-refractivity contribution >= 4 is 21.7 Å². The van der Waals surface area contributed by atoms with Crippen molar-refractivity contribution in [2.45, 2.75) is 11.7 Å². The molecule has 0 spiro atoms. The van der Waals surface area contributed by atoms with Gasteiger partial charge >= 0.3 is 5.97 Å². The van der Waals surface area contributed by atoms with Crippen LogP contribution in [-0.2, 0) is 21.4 Å². The first-order valence-corrected chi connectivity index (χ1v) is 7.89. The van der Waals surface area contributed by atoms with Crippen LogP contribution in [0.5, 0.6) is 0 Å². The monoisotopic (exact) mass is 342 g/mol. The summed E-state index contributed by atoms with van der Waals surface area (Å²) in [6, 6.07) is 5.95. The zero-order chi connectivity index (χ0) is 17.2. The molecule has 0 bridgehead atoms. The van der Waals surface area contributed by atoms with Crippen molar-refractivity contribution in [1.82, 2.24) is 4.31 Å². The summed E-state index contributed by atoms with van der Waals surface area (Å²) < 4.78 is 47.8. The fourth-order valence-electron chi connectivity index (χ4n) is 1.69. The van der Waals surface area contributed by atoms with Gasteiger partial charge in [-0.25, -0.2) is 21.9 Å². The number of nitrogens with zero attached hydrogens (tertiary/aromatic N) is 1. The minimum Gasteiger partial charge on any atom is -0.454 e. The van der Waals surface area contributed by atoms with Gasteiger partial charge in [0.1, 0.15) is 18.2 Å². The first-order valence-electron chi connectivity index (χ1n) is 6.45. The summed E-state index contributed by atoms with van der Waals surface area (Å²) in [7, 11) is -0.954. The molecule has 1 aromatic carbocycles. The average molecular weight is 342 g/mol.